The molecule has 2 aromatic carbocycles. The molecule has 30 heavy (non-hydrogen) atoms. The summed E-state index contributed by atoms with van der Waals surface area (Å²) in [4.78, 5) is 17.8. The van der Waals surface area contributed by atoms with E-state index in [9.17, 15) is 5.11 Å². The predicted octanol–water partition coefficient (Wildman–Crippen LogP) is 2.55. The summed E-state index contributed by atoms with van der Waals surface area (Å²) >= 11 is 0. The van der Waals surface area contributed by atoms with E-state index in [-0.39, 0.29) is 17.7 Å². The number of rotatable bonds is 5. The lowest BCUT2D eigenvalue weighted by atomic mass is 10.1. The molecule has 0 aliphatic carbocycles. The Morgan fingerprint density at radius 1 is 1.10 bits per heavy atom. The van der Waals surface area contributed by atoms with E-state index in [0.717, 1.165) is 31.9 Å². The van der Waals surface area contributed by atoms with Gasteiger partial charge in [0.05, 0.1) is 7.11 Å². The van der Waals surface area contributed by atoms with Crippen molar-refractivity contribution < 1.29 is 9.84 Å². The first-order valence-corrected chi connectivity index (χ1v) is 9.95. The molecule has 1 fully saturated rings. The number of nitrogens with two attached hydrogens (primary N) is 1. The van der Waals surface area contributed by atoms with Gasteiger partial charge < -0.3 is 20.5 Å². The molecule has 0 unspecified atom stereocenters. The van der Waals surface area contributed by atoms with Crippen molar-refractivity contribution in [1.82, 2.24) is 19.9 Å². The summed E-state index contributed by atoms with van der Waals surface area (Å²) in [6.07, 6.45) is 0. The second kappa shape index (κ2) is 8.54. The summed E-state index contributed by atoms with van der Waals surface area (Å²) in [5, 5.41) is 9.76. The van der Waals surface area contributed by atoms with Gasteiger partial charge in [-0.25, -0.2) is 0 Å². The zero-order chi connectivity index (χ0) is 21.1. The Balaban J connectivity index is 1.51. The van der Waals surface area contributed by atoms with E-state index in [1.54, 1.807) is 25.3 Å². The Kier molecular flexibility index (Phi) is 5.67. The molecular weight excluding hydrogens is 380 g/mol. The minimum Gasteiger partial charge on any atom is -0.508 e. The van der Waals surface area contributed by atoms with Crippen LogP contribution in [0, 0.1) is 0 Å². The number of nitrogen functional groups attached to an aromatic ring is 1. The normalized spacial score (nSPS) is 17.1. The van der Waals surface area contributed by atoms with E-state index in [2.05, 4.69) is 37.7 Å². The fraction of sp³-hybridized carbons (Fsp3) is 0.318. The molecule has 0 bridgehead atoms. The number of benzene rings is 2. The van der Waals surface area contributed by atoms with Crippen LogP contribution in [0.5, 0.6) is 11.5 Å². The Morgan fingerprint density at radius 3 is 2.70 bits per heavy atom. The van der Waals surface area contributed by atoms with E-state index >= 15 is 0 Å². The third kappa shape index (κ3) is 4.28. The van der Waals surface area contributed by atoms with Gasteiger partial charge in [-0.15, -0.1) is 0 Å². The number of hydrogen-bond acceptors (Lipinski definition) is 8. The minimum absolute atomic E-state index is 0.159. The van der Waals surface area contributed by atoms with Crippen LogP contribution in [-0.2, 0) is 6.54 Å². The maximum Gasteiger partial charge on any atom is 0.231 e. The lowest BCUT2D eigenvalue weighted by Gasteiger charge is -2.40. The van der Waals surface area contributed by atoms with E-state index < -0.39 is 0 Å². The second-order valence-corrected chi connectivity index (χ2v) is 7.46. The van der Waals surface area contributed by atoms with Crippen LogP contribution in [0.1, 0.15) is 12.5 Å². The maximum atomic E-state index is 9.76. The van der Waals surface area contributed by atoms with Gasteiger partial charge in [0.1, 0.15) is 11.5 Å². The van der Waals surface area contributed by atoms with Crippen molar-refractivity contribution in [3.8, 4) is 22.9 Å². The molecule has 1 aliphatic rings. The Labute approximate surface area is 176 Å². The molecule has 3 aromatic rings. The van der Waals surface area contributed by atoms with E-state index in [0.29, 0.717) is 17.3 Å². The fourth-order valence-electron chi connectivity index (χ4n) is 3.83. The van der Waals surface area contributed by atoms with Crippen molar-refractivity contribution in [2.45, 2.75) is 19.5 Å². The summed E-state index contributed by atoms with van der Waals surface area (Å²) < 4.78 is 5.49. The van der Waals surface area contributed by atoms with Gasteiger partial charge in [0.25, 0.3) is 0 Å². The number of phenols is 1. The van der Waals surface area contributed by atoms with Crippen molar-refractivity contribution in [3.05, 3.63) is 54.1 Å². The fourth-order valence-corrected chi connectivity index (χ4v) is 3.83. The van der Waals surface area contributed by atoms with E-state index in [4.69, 9.17) is 10.5 Å². The zero-order valence-electron chi connectivity index (χ0n) is 17.2. The van der Waals surface area contributed by atoms with E-state index in [1.807, 2.05) is 24.3 Å². The molecular formula is C22H26N6O2. The molecule has 1 saturated heterocycles. The summed E-state index contributed by atoms with van der Waals surface area (Å²) in [6.45, 7) is 5.50. The second-order valence-electron chi connectivity index (χ2n) is 7.46. The van der Waals surface area contributed by atoms with Gasteiger partial charge >= 0.3 is 0 Å². The number of piperazine rings is 1. The number of hydrogen-bond donors (Lipinski definition) is 2. The molecule has 0 radical (unpaired) electrons. The average Bonchev–Trinajstić information content (AvgIpc) is 2.74. The predicted molar refractivity (Wildman–Crippen MR) is 116 cm³/mol. The standard InChI is InChI=1S/C22H26N6O2/c1-15-13-27(14-17-6-3-4-9-19(17)30-2)10-11-28(15)22-25-20(24-21(23)26-22)16-7-5-8-18(29)12-16/h3-9,12,15,29H,10-11,13-14H2,1-2H3,(H2,23,24,25,26)/t15-/m0/s1. The van der Waals surface area contributed by atoms with Crippen LogP contribution >= 0.6 is 0 Å². The highest BCUT2D eigenvalue weighted by Gasteiger charge is 2.27. The van der Waals surface area contributed by atoms with Gasteiger partial charge in [0.2, 0.25) is 11.9 Å². The topological polar surface area (TPSA) is 101 Å². The summed E-state index contributed by atoms with van der Waals surface area (Å²) in [5.41, 5.74) is 7.85. The number of aromatic nitrogens is 3. The van der Waals surface area contributed by atoms with Crippen LogP contribution in [0.25, 0.3) is 11.4 Å². The number of phenolic OH excluding ortho intramolecular Hbond substituents is 1. The van der Waals surface area contributed by atoms with Crippen LogP contribution in [0.2, 0.25) is 0 Å². The Morgan fingerprint density at radius 2 is 1.93 bits per heavy atom. The number of para-hydroxylation sites is 1. The molecule has 156 valence electrons. The first kappa shape index (κ1) is 19.9. The number of methoxy groups -OCH3 is 1. The number of nitrogens with zero attached hydrogens (tertiary/aromatic N) is 5. The van der Waals surface area contributed by atoms with Crippen LogP contribution in [0.4, 0.5) is 11.9 Å². The van der Waals surface area contributed by atoms with Gasteiger partial charge in [0, 0.05) is 43.3 Å². The molecule has 4 rings (SSSR count). The first-order chi connectivity index (χ1) is 14.5. The monoisotopic (exact) mass is 406 g/mol. The van der Waals surface area contributed by atoms with Gasteiger partial charge in [0.15, 0.2) is 5.82 Å². The highest BCUT2D eigenvalue weighted by Crippen LogP contribution is 2.25. The van der Waals surface area contributed by atoms with Crippen LogP contribution in [0.3, 0.4) is 0 Å². The van der Waals surface area contributed by atoms with Gasteiger partial charge in [-0.05, 0) is 25.1 Å². The third-order valence-electron chi connectivity index (χ3n) is 5.30. The molecule has 1 atom stereocenters. The highest BCUT2D eigenvalue weighted by atomic mass is 16.5. The maximum absolute atomic E-state index is 9.76. The SMILES string of the molecule is COc1ccccc1CN1CCN(c2nc(N)nc(-c3cccc(O)c3)n2)[C@@H](C)C1. The smallest absolute Gasteiger partial charge is 0.231 e. The highest BCUT2D eigenvalue weighted by molar-refractivity contribution is 5.60. The lowest BCUT2D eigenvalue weighted by Crippen LogP contribution is -2.52. The van der Waals surface area contributed by atoms with Crippen molar-refractivity contribution in [2.75, 3.05) is 37.4 Å². The molecule has 8 nitrogen and oxygen atoms in total. The Hall–Kier alpha value is -3.39. The Bertz CT molecular complexity index is 1030. The van der Waals surface area contributed by atoms with Crippen LogP contribution in [-0.4, -0.2) is 57.7 Å². The largest absolute Gasteiger partial charge is 0.508 e. The van der Waals surface area contributed by atoms with E-state index in [1.165, 1.54) is 5.56 Å². The van der Waals surface area contributed by atoms with Crippen molar-refractivity contribution in [1.29, 1.82) is 0 Å². The van der Waals surface area contributed by atoms with Gasteiger partial charge in [-0.3, -0.25) is 4.90 Å². The average molecular weight is 406 g/mol. The lowest BCUT2D eigenvalue weighted by molar-refractivity contribution is 0.217. The van der Waals surface area contributed by atoms with Crippen molar-refractivity contribution in [3.63, 3.8) is 0 Å². The van der Waals surface area contributed by atoms with Crippen LogP contribution < -0.4 is 15.4 Å². The molecule has 1 aromatic heterocycles. The van der Waals surface area contributed by atoms with Crippen molar-refractivity contribution in [2.24, 2.45) is 0 Å². The molecule has 1 aliphatic heterocycles. The molecule has 3 N–H and O–H groups in total. The summed E-state index contributed by atoms with van der Waals surface area (Å²) in [7, 11) is 1.70. The number of anilines is 2. The third-order valence-corrected chi connectivity index (χ3v) is 5.30. The van der Waals surface area contributed by atoms with Gasteiger partial charge in [-0.2, -0.15) is 15.0 Å². The molecule has 0 amide bonds. The molecule has 8 heteroatoms. The molecule has 2 heterocycles. The summed E-state index contributed by atoms with van der Waals surface area (Å²) in [6, 6.07) is 15.1. The minimum atomic E-state index is 0.159. The quantitative estimate of drug-likeness (QED) is 0.667. The molecule has 0 spiro atoms. The first-order valence-electron chi connectivity index (χ1n) is 9.95. The zero-order valence-corrected chi connectivity index (χ0v) is 17.2. The molecule has 0 saturated carbocycles. The van der Waals surface area contributed by atoms with Crippen LogP contribution in [0.15, 0.2) is 48.5 Å². The van der Waals surface area contributed by atoms with Gasteiger partial charge in [-0.1, -0.05) is 30.3 Å². The number of aromatic hydroxyl groups is 1. The van der Waals surface area contributed by atoms with Crippen molar-refractivity contribution >= 4 is 11.9 Å². The summed E-state index contributed by atoms with van der Waals surface area (Å²) in [5.74, 6) is 2.25. The number of ether oxygens (including phenoxy) is 1.